The van der Waals surface area contributed by atoms with Crippen molar-refractivity contribution in [2.75, 3.05) is 13.2 Å². The van der Waals surface area contributed by atoms with Crippen LogP contribution in [0.15, 0.2) is 24.4 Å². The van der Waals surface area contributed by atoms with Crippen molar-refractivity contribution in [2.24, 2.45) is 0 Å². The van der Waals surface area contributed by atoms with E-state index in [4.69, 9.17) is 9.47 Å². The number of nitrogens with zero attached hydrogens (tertiary/aromatic N) is 2. The van der Waals surface area contributed by atoms with E-state index in [1.165, 1.54) is 6.08 Å². The molecule has 0 amide bonds. The minimum Gasteiger partial charge on any atom is -0.613 e. The second-order valence-corrected chi connectivity index (χ2v) is 9.42. The normalized spacial score (nSPS) is 14.0. The molecule has 0 saturated heterocycles. The quantitative estimate of drug-likeness (QED) is 0.256. The summed E-state index contributed by atoms with van der Waals surface area (Å²) < 4.78 is 14.9. The molecule has 1 aromatic rings. The SMILES string of the molecule is CCCCOC(=O)C(/C=C(/[O-])OCCCC)c1n(C(C)(C)C)cc[n+]1C(C)(C)C. The Bertz CT molecular complexity index is 647. The zero-order valence-corrected chi connectivity index (χ0v) is 19.6. The first-order valence-electron chi connectivity index (χ1n) is 10.8. The molecule has 0 saturated carbocycles. The number of ether oxygens (including phenoxy) is 2. The molecule has 166 valence electrons. The van der Waals surface area contributed by atoms with Gasteiger partial charge in [-0.25, -0.2) is 9.13 Å². The number of rotatable bonds is 10. The molecule has 0 radical (unpaired) electrons. The summed E-state index contributed by atoms with van der Waals surface area (Å²) in [5.74, 6) is -1.03. The lowest BCUT2D eigenvalue weighted by Crippen LogP contribution is -2.54. The van der Waals surface area contributed by atoms with Crippen molar-refractivity contribution in [2.45, 2.75) is 98.1 Å². The van der Waals surface area contributed by atoms with Gasteiger partial charge in [0, 0.05) is 5.95 Å². The summed E-state index contributed by atoms with van der Waals surface area (Å²) in [5, 5.41) is 12.5. The Hall–Kier alpha value is -1.98. The van der Waals surface area contributed by atoms with Crippen molar-refractivity contribution in [3.63, 3.8) is 0 Å². The highest BCUT2D eigenvalue weighted by Crippen LogP contribution is 2.26. The van der Waals surface area contributed by atoms with Gasteiger partial charge in [-0.3, -0.25) is 4.79 Å². The van der Waals surface area contributed by atoms with Crippen molar-refractivity contribution in [3.05, 3.63) is 30.2 Å². The van der Waals surface area contributed by atoms with E-state index in [-0.39, 0.29) is 11.1 Å². The number of imidazole rings is 1. The Labute approximate surface area is 176 Å². The van der Waals surface area contributed by atoms with Crippen LogP contribution in [0.25, 0.3) is 0 Å². The van der Waals surface area contributed by atoms with Crippen LogP contribution in [0.5, 0.6) is 0 Å². The lowest BCUT2D eigenvalue weighted by Gasteiger charge is -2.25. The maximum Gasteiger partial charge on any atom is 0.325 e. The largest absolute Gasteiger partial charge is 0.613 e. The maximum atomic E-state index is 13.1. The molecule has 0 fully saturated rings. The number of carbonyl (C=O) groups is 1. The number of aromatic nitrogens is 2. The van der Waals surface area contributed by atoms with Crippen LogP contribution in [0, 0.1) is 0 Å². The molecule has 1 atom stereocenters. The van der Waals surface area contributed by atoms with E-state index in [2.05, 4.69) is 41.5 Å². The molecule has 0 N–H and O–H groups in total. The minimum atomic E-state index is -0.838. The van der Waals surface area contributed by atoms with Gasteiger partial charge in [0.25, 0.3) is 5.82 Å². The molecule has 1 aromatic heterocycles. The third kappa shape index (κ3) is 7.41. The Kier molecular flexibility index (Phi) is 9.24. The van der Waals surface area contributed by atoms with E-state index >= 15 is 0 Å². The lowest BCUT2D eigenvalue weighted by atomic mass is 10.0. The molecule has 0 aliphatic rings. The van der Waals surface area contributed by atoms with Crippen molar-refractivity contribution >= 4 is 5.97 Å². The molecule has 6 nitrogen and oxygen atoms in total. The Morgan fingerprint density at radius 1 is 1.10 bits per heavy atom. The van der Waals surface area contributed by atoms with Crippen LogP contribution in [0.3, 0.4) is 0 Å². The predicted molar refractivity (Wildman–Crippen MR) is 112 cm³/mol. The number of hydrogen-bond acceptors (Lipinski definition) is 4. The number of esters is 1. The highest BCUT2D eigenvalue weighted by atomic mass is 16.6. The summed E-state index contributed by atoms with van der Waals surface area (Å²) in [7, 11) is 0. The molecular formula is C23H40N2O4. The standard InChI is InChI=1S/C23H40N2O4/c1-9-11-15-28-19(26)17-18(21(27)29-16-12-10-2)20-24(22(3,4)5)13-14-25(20)23(6,7)8/h13-14,17-18H,9-12,15-16H2,1-8H3/b19-17-. The van der Waals surface area contributed by atoms with Crippen LogP contribution in [-0.2, 0) is 25.3 Å². The molecule has 1 unspecified atom stereocenters. The van der Waals surface area contributed by atoms with Crippen LogP contribution in [0.2, 0.25) is 0 Å². The zero-order valence-electron chi connectivity index (χ0n) is 19.6. The maximum absolute atomic E-state index is 13.1. The molecule has 0 aliphatic carbocycles. The van der Waals surface area contributed by atoms with Crippen LogP contribution < -0.4 is 9.67 Å². The fourth-order valence-electron chi connectivity index (χ4n) is 2.99. The van der Waals surface area contributed by atoms with Crippen LogP contribution in [-0.4, -0.2) is 23.8 Å². The van der Waals surface area contributed by atoms with Gasteiger partial charge in [-0.2, -0.15) is 0 Å². The Balaban J connectivity index is 3.46. The van der Waals surface area contributed by atoms with Crippen LogP contribution in [0.1, 0.15) is 92.8 Å². The molecule has 1 rings (SSSR count). The third-order valence-corrected chi connectivity index (χ3v) is 4.62. The van der Waals surface area contributed by atoms with Crippen molar-refractivity contribution in [1.82, 2.24) is 4.57 Å². The smallest absolute Gasteiger partial charge is 0.325 e. The van der Waals surface area contributed by atoms with Gasteiger partial charge < -0.3 is 14.6 Å². The molecule has 29 heavy (non-hydrogen) atoms. The van der Waals surface area contributed by atoms with E-state index in [0.717, 1.165) is 31.5 Å². The molecule has 0 aromatic carbocycles. The van der Waals surface area contributed by atoms with Gasteiger partial charge in [0.15, 0.2) is 5.92 Å². The molecule has 1 heterocycles. The molecule has 0 bridgehead atoms. The van der Waals surface area contributed by atoms with Crippen LogP contribution >= 0.6 is 0 Å². The molecule has 6 heteroatoms. The first kappa shape index (κ1) is 25.1. The van der Waals surface area contributed by atoms with E-state index in [1.807, 2.05) is 35.4 Å². The van der Waals surface area contributed by atoms with Gasteiger partial charge in [0.1, 0.15) is 23.5 Å². The molecule has 0 spiro atoms. The fraction of sp³-hybridized carbons (Fsp3) is 0.739. The summed E-state index contributed by atoms with van der Waals surface area (Å²) in [4.78, 5) is 13.1. The van der Waals surface area contributed by atoms with Gasteiger partial charge in [0.05, 0.1) is 6.61 Å². The second kappa shape index (κ2) is 10.7. The summed E-state index contributed by atoms with van der Waals surface area (Å²) in [6.45, 7) is 17.2. The van der Waals surface area contributed by atoms with Crippen molar-refractivity contribution in [1.29, 1.82) is 0 Å². The Morgan fingerprint density at radius 2 is 1.66 bits per heavy atom. The van der Waals surface area contributed by atoms with E-state index < -0.39 is 17.8 Å². The van der Waals surface area contributed by atoms with Crippen molar-refractivity contribution in [3.8, 4) is 0 Å². The first-order valence-corrected chi connectivity index (χ1v) is 10.8. The Morgan fingerprint density at radius 3 is 2.14 bits per heavy atom. The minimum absolute atomic E-state index is 0.270. The molecule has 0 aliphatic heterocycles. The number of unbranched alkanes of at least 4 members (excludes halogenated alkanes) is 2. The van der Waals surface area contributed by atoms with Gasteiger partial charge in [-0.05, 0) is 67.1 Å². The van der Waals surface area contributed by atoms with Crippen molar-refractivity contribution < 1.29 is 23.9 Å². The fourth-order valence-corrected chi connectivity index (χ4v) is 2.99. The molecular weight excluding hydrogens is 368 g/mol. The number of hydrogen-bond donors (Lipinski definition) is 0. The predicted octanol–water partition coefficient (Wildman–Crippen LogP) is 3.73. The third-order valence-electron chi connectivity index (χ3n) is 4.62. The van der Waals surface area contributed by atoms with Gasteiger partial charge >= 0.3 is 5.97 Å². The zero-order chi connectivity index (χ0) is 22.2. The van der Waals surface area contributed by atoms with E-state index in [0.29, 0.717) is 13.2 Å². The van der Waals surface area contributed by atoms with Gasteiger partial charge in [-0.1, -0.05) is 26.7 Å². The second-order valence-electron chi connectivity index (χ2n) is 9.42. The van der Waals surface area contributed by atoms with Gasteiger partial charge in [-0.15, -0.1) is 0 Å². The number of carbonyl (C=O) groups excluding carboxylic acids is 1. The van der Waals surface area contributed by atoms with Crippen LogP contribution in [0.4, 0.5) is 0 Å². The average Bonchev–Trinajstić information content (AvgIpc) is 3.05. The average molecular weight is 409 g/mol. The lowest BCUT2D eigenvalue weighted by molar-refractivity contribution is -0.760. The monoisotopic (exact) mass is 408 g/mol. The summed E-state index contributed by atoms with van der Waals surface area (Å²) in [6, 6.07) is 0. The summed E-state index contributed by atoms with van der Waals surface area (Å²) in [5.41, 5.74) is -0.540. The summed E-state index contributed by atoms with van der Waals surface area (Å²) in [6.07, 6.45) is 8.74. The van der Waals surface area contributed by atoms with Gasteiger partial charge in [0.2, 0.25) is 0 Å². The topological polar surface area (TPSA) is 67.4 Å². The first-order chi connectivity index (χ1) is 13.4. The summed E-state index contributed by atoms with van der Waals surface area (Å²) >= 11 is 0. The highest BCUT2D eigenvalue weighted by molar-refractivity contribution is 5.79. The highest BCUT2D eigenvalue weighted by Gasteiger charge is 2.40. The van der Waals surface area contributed by atoms with E-state index in [1.54, 1.807) is 0 Å². The van der Waals surface area contributed by atoms with E-state index in [9.17, 15) is 9.90 Å².